The van der Waals surface area contributed by atoms with Gasteiger partial charge in [0, 0.05) is 50.7 Å². The molecule has 8 nitrogen and oxygen atoms in total. The molecule has 152 valence electrons. The molecule has 1 aliphatic heterocycles. The fraction of sp³-hybridized carbons (Fsp3) is 0.389. The van der Waals surface area contributed by atoms with Crippen molar-refractivity contribution in [1.82, 2.24) is 29.7 Å². The van der Waals surface area contributed by atoms with Gasteiger partial charge in [0.1, 0.15) is 29.0 Å². The van der Waals surface area contributed by atoms with Gasteiger partial charge in [0.15, 0.2) is 5.82 Å². The Hall–Kier alpha value is -3.24. The molecule has 1 saturated heterocycles. The lowest BCUT2D eigenvalue weighted by Gasteiger charge is -2.36. The molecule has 11 heteroatoms. The Kier molecular flexibility index (Phi) is 4.81. The molecule has 0 radical (unpaired) electrons. The molecule has 0 N–H and O–H groups in total. The number of halogens is 3. The Bertz CT molecular complexity index is 995. The number of alkyl halides is 3. The van der Waals surface area contributed by atoms with E-state index in [1.54, 1.807) is 17.1 Å². The van der Waals surface area contributed by atoms with Crippen LogP contribution in [-0.4, -0.2) is 55.9 Å². The molecule has 1 aliphatic rings. The summed E-state index contributed by atoms with van der Waals surface area (Å²) < 4.78 is 40.8. The zero-order valence-corrected chi connectivity index (χ0v) is 15.9. The van der Waals surface area contributed by atoms with E-state index in [-0.39, 0.29) is 5.82 Å². The molecule has 0 spiro atoms. The lowest BCUT2D eigenvalue weighted by Crippen LogP contribution is -2.47. The van der Waals surface area contributed by atoms with Crippen LogP contribution in [0.15, 0.2) is 30.6 Å². The highest BCUT2D eigenvalue weighted by Gasteiger charge is 2.34. The molecule has 29 heavy (non-hydrogen) atoms. The Balaban J connectivity index is 1.51. The molecule has 4 heterocycles. The van der Waals surface area contributed by atoms with Crippen molar-refractivity contribution in [2.75, 3.05) is 36.0 Å². The topological polar surface area (TPSA) is 75.9 Å². The first-order chi connectivity index (χ1) is 13.8. The summed E-state index contributed by atoms with van der Waals surface area (Å²) in [6.45, 7) is 5.52. The van der Waals surface area contributed by atoms with Gasteiger partial charge in [-0.2, -0.15) is 18.3 Å². The van der Waals surface area contributed by atoms with Crippen LogP contribution in [0.3, 0.4) is 0 Å². The van der Waals surface area contributed by atoms with Crippen molar-refractivity contribution in [3.05, 3.63) is 47.9 Å². The van der Waals surface area contributed by atoms with Gasteiger partial charge in [0.25, 0.3) is 0 Å². The van der Waals surface area contributed by atoms with Crippen molar-refractivity contribution in [2.45, 2.75) is 20.0 Å². The van der Waals surface area contributed by atoms with Crippen LogP contribution >= 0.6 is 0 Å². The predicted molar refractivity (Wildman–Crippen MR) is 100 cm³/mol. The van der Waals surface area contributed by atoms with E-state index in [9.17, 15) is 13.2 Å². The second-order valence-electron chi connectivity index (χ2n) is 6.71. The monoisotopic (exact) mass is 404 g/mol. The average Bonchev–Trinajstić information content (AvgIpc) is 3.21. The molecule has 0 aromatic carbocycles. The zero-order valence-electron chi connectivity index (χ0n) is 15.9. The summed E-state index contributed by atoms with van der Waals surface area (Å²) in [5.41, 5.74) is -0.919. The van der Waals surface area contributed by atoms with E-state index in [1.165, 1.54) is 6.92 Å². The first-order valence-electron chi connectivity index (χ1n) is 9.08. The third kappa shape index (κ3) is 4.13. The summed E-state index contributed by atoms with van der Waals surface area (Å²) >= 11 is 0. The highest BCUT2D eigenvalue weighted by atomic mass is 19.4. The van der Waals surface area contributed by atoms with Crippen LogP contribution in [0, 0.1) is 13.8 Å². The van der Waals surface area contributed by atoms with E-state index in [2.05, 4.69) is 29.9 Å². The summed E-state index contributed by atoms with van der Waals surface area (Å²) in [7, 11) is 0. The number of piperazine rings is 1. The normalized spacial score (nSPS) is 15.1. The van der Waals surface area contributed by atoms with Gasteiger partial charge in [-0.05, 0) is 19.9 Å². The van der Waals surface area contributed by atoms with Gasteiger partial charge >= 0.3 is 6.18 Å². The highest BCUT2D eigenvalue weighted by molar-refractivity contribution is 5.48. The van der Waals surface area contributed by atoms with Crippen LogP contribution in [0.4, 0.5) is 24.8 Å². The Morgan fingerprint density at radius 1 is 0.793 bits per heavy atom. The lowest BCUT2D eigenvalue weighted by atomic mass is 10.2. The van der Waals surface area contributed by atoms with E-state index in [4.69, 9.17) is 0 Å². The standard InChI is InChI=1S/C18H19F3N8/c1-12-23-14(18(19,20)21)10-15(24-12)27-6-8-28(9-7-27)16-11-17(26-13(2)25-16)29-5-3-4-22-29/h3-5,10-11H,6-9H2,1-2H3. The molecule has 3 aromatic rings. The third-order valence-electron chi connectivity index (χ3n) is 4.59. The van der Waals surface area contributed by atoms with E-state index in [0.29, 0.717) is 43.6 Å². The maximum absolute atomic E-state index is 13.1. The van der Waals surface area contributed by atoms with Crippen LogP contribution in [-0.2, 0) is 6.18 Å². The minimum absolute atomic E-state index is 0.104. The quantitative estimate of drug-likeness (QED) is 0.664. The minimum atomic E-state index is -4.49. The maximum Gasteiger partial charge on any atom is 0.433 e. The molecular weight excluding hydrogens is 385 g/mol. The van der Waals surface area contributed by atoms with Crippen molar-refractivity contribution >= 4 is 11.6 Å². The van der Waals surface area contributed by atoms with Crippen molar-refractivity contribution < 1.29 is 13.2 Å². The third-order valence-corrected chi connectivity index (χ3v) is 4.59. The summed E-state index contributed by atoms with van der Waals surface area (Å²) in [6, 6.07) is 4.67. The van der Waals surface area contributed by atoms with Crippen molar-refractivity contribution in [3.63, 3.8) is 0 Å². The van der Waals surface area contributed by atoms with Crippen LogP contribution < -0.4 is 9.80 Å². The van der Waals surface area contributed by atoms with Gasteiger partial charge in [0.2, 0.25) is 0 Å². The Morgan fingerprint density at radius 2 is 1.34 bits per heavy atom. The zero-order chi connectivity index (χ0) is 20.6. The maximum atomic E-state index is 13.1. The molecule has 3 aromatic heterocycles. The SMILES string of the molecule is Cc1nc(N2CCN(c3cc(C(F)(F)F)nc(C)n3)CC2)cc(-n2cccn2)n1. The lowest BCUT2D eigenvalue weighted by molar-refractivity contribution is -0.141. The second-order valence-corrected chi connectivity index (χ2v) is 6.71. The molecule has 0 bridgehead atoms. The molecule has 0 saturated carbocycles. The second kappa shape index (κ2) is 7.30. The number of anilines is 2. The summed E-state index contributed by atoms with van der Waals surface area (Å²) in [4.78, 5) is 20.5. The number of aryl methyl sites for hydroxylation is 2. The van der Waals surface area contributed by atoms with E-state index < -0.39 is 11.9 Å². The summed E-state index contributed by atoms with van der Waals surface area (Å²) in [6.07, 6.45) is -1.01. The molecular formula is C18H19F3N8. The van der Waals surface area contributed by atoms with Gasteiger partial charge in [-0.25, -0.2) is 24.6 Å². The number of hydrogen-bond acceptors (Lipinski definition) is 7. The molecule has 0 aliphatic carbocycles. The molecule has 0 atom stereocenters. The molecule has 0 amide bonds. The molecule has 4 rings (SSSR count). The number of rotatable bonds is 3. The van der Waals surface area contributed by atoms with Crippen LogP contribution in [0.5, 0.6) is 0 Å². The van der Waals surface area contributed by atoms with Crippen LogP contribution in [0.2, 0.25) is 0 Å². The Labute approximate surface area is 165 Å². The fourth-order valence-electron chi connectivity index (χ4n) is 3.24. The van der Waals surface area contributed by atoms with Gasteiger partial charge in [-0.15, -0.1) is 0 Å². The van der Waals surface area contributed by atoms with E-state index >= 15 is 0 Å². The molecule has 0 unspecified atom stereocenters. The van der Waals surface area contributed by atoms with Gasteiger partial charge in [-0.3, -0.25) is 0 Å². The highest BCUT2D eigenvalue weighted by Crippen LogP contribution is 2.30. The van der Waals surface area contributed by atoms with E-state index in [1.807, 2.05) is 24.0 Å². The minimum Gasteiger partial charge on any atom is -0.353 e. The number of nitrogens with zero attached hydrogens (tertiary/aromatic N) is 8. The summed E-state index contributed by atoms with van der Waals surface area (Å²) in [5, 5.41) is 4.20. The smallest absolute Gasteiger partial charge is 0.353 e. The van der Waals surface area contributed by atoms with Crippen molar-refractivity contribution in [2.24, 2.45) is 0 Å². The Morgan fingerprint density at radius 3 is 1.90 bits per heavy atom. The first-order valence-corrected chi connectivity index (χ1v) is 9.08. The van der Waals surface area contributed by atoms with E-state index in [0.717, 1.165) is 11.9 Å². The van der Waals surface area contributed by atoms with Gasteiger partial charge < -0.3 is 9.80 Å². The summed E-state index contributed by atoms with van der Waals surface area (Å²) in [5.74, 6) is 2.45. The fourth-order valence-corrected chi connectivity index (χ4v) is 3.24. The van der Waals surface area contributed by atoms with Crippen LogP contribution in [0.25, 0.3) is 5.82 Å². The average molecular weight is 404 g/mol. The largest absolute Gasteiger partial charge is 0.433 e. The van der Waals surface area contributed by atoms with Gasteiger partial charge in [0.05, 0.1) is 0 Å². The first kappa shape index (κ1) is 19.1. The predicted octanol–water partition coefficient (Wildman–Crippen LogP) is 2.41. The number of aromatic nitrogens is 6. The van der Waals surface area contributed by atoms with Crippen LogP contribution in [0.1, 0.15) is 17.3 Å². The molecule has 1 fully saturated rings. The van der Waals surface area contributed by atoms with Crippen molar-refractivity contribution in [1.29, 1.82) is 0 Å². The number of hydrogen-bond donors (Lipinski definition) is 0. The van der Waals surface area contributed by atoms with Crippen molar-refractivity contribution in [3.8, 4) is 5.82 Å². The van der Waals surface area contributed by atoms with Gasteiger partial charge in [-0.1, -0.05) is 0 Å².